The molecular weight excluding hydrogens is 514 g/mol. The molecule has 10 heteroatoms. The number of thiazole rings is 1. The van der Waals surface area contributed by atoms with Crippen molar-refractivity contribution in [2.24, 2.45) is 17.1 Å². The van der Waals surface area contributed by atoms with Gasteiger partial charge in [0.15, 0.2) is 22.9 Å². The number of aromatic hydroxyl groups is 2. The topological polar surface area (TPSA) is 110 Å². The van der Waals surface area contributed by atoms with E-state index in [1.807, 2.05) is 80.0 Å². The monoisotopic (exact) mass is 537 g/mol. The van der Waals surface area contributed by atoms with Crippen LogP contribution in [0, 0.1) is 6.92 Å². The Labute approximate surface area is 226 Å². The number of nitrogens with zero attached hydrogens (tertiary/aromatic N) is 5. The van der Waals surface area contributed by atoms with Crippen LogP contribution in [-0.2, 0) is 7.05 Å². The summed E-state index contributed by atoms with van der Waals surface area (Å²) in [4.78, 5) is 18.7. The van der Waals surface area contributed by atoms with E-state index in [4.69, 9.17) is 9.41 Å². The van der Waals surface area contributed by atoms with Crippen LogP contribution in [0.2, 0.25) is 0 Å². The number of hydrogen-bond acceptors (Lipinski definition) is 7. The lowest BCUT2D eigenvalue weighted by atomic mass is 10.2. The number of furan rings is 1. The summed E-state index contributed by atoms with van der Waals surface area (Å²) < 4.78 is 11.1. The van der Waals surface area contributed by atoms with Crippen molar-refractivity contribution < 1.29 is 14.6 Å². The lowest BCUT2D eigenvalue weighted by Gasteiger charge is -2.07. The minimum atomic E-state index is -0.252. The molecule has 0 spiro atoms. The second-order valence-corrected chi connectivity index (χ2v) is 9.72. The number of rotatable bonds is 5. The summed E-state index contributed by atoms with van der Waals surface area (Å²) in [5, 5.41) is 27.0. The minimum absolute atomic E-state index is 0.219. The first-order valence-corrected chi connectivity index (χ1v) is 12.9. The van der Waals surface area contributed by atoms with E-state index in [2.05, 4.69) is 5.10 Å². The third-order valence-corrected chi connectivity index (χ3v) is 7.23. The van der Waals surface area contributed by atoms with Gasteiger partial charge in [0.2, 0.25) is 4.80 Å². The van der Waals surface area contributed by atoms with Crippen molar-refractivity contribution in [2.45, 2.75) is 6.92 Å². The Kier molecular flexibility index (Phi) is 6.01. The highest BCUT2D eigenvalue weighted by Gasteiger charge is 2.18. The lowest BCUT2D eigenvalue weighted by Crippen LogP contribution is -2.19. The molecule has 0 atom stereocenters. The third kappa shape index (κ3) is 4.36. The van der Waals surface area contributed by atoms with Gasteiger partial charge in [-0.15, -0.1) is 11.3 Å². The molecule has 6 rings (SSSR count). The fourth-order valence-corrected chi connectivity index (χ4v) is 5.11. The van der Waals surface area contributed by atoms with Crippen LogP contribution in [0.3, 0.4) is 0 Å². The van der Waals surface area contributed by atoms with Crippen LogP contribution < -0.4 is 10.4 Å². The smallest absolute Gasteiger partial charge is 0.297 e. The SMILES string of the molecule is Cc1c(N=c2scc(-c3cc4ccccc4o3)n2N=Cc2ccc(O)c(O)c2)c(=O)n(-c2ccccc2)n1C. The molecule has 0 aliphatic rings. The highest BCUT2D eigenvalue weighted by molar-refractivity contribution is 7.07. The Bertz CT molecular complexity index is 1960. The van der Waals surface area contributed by atoms with E-state index >= 15 is 0 Å². The van der Waals surface area contributed by atoms with Gasteiger partial charge < -0.3 is 14.6 Å². The number of benzene rings is 3. The summed E-state index contributed by atoms with van der Waals surface area (Å²) in [6.07, 6.45) is 1.54. The molecular formula is C29H23N5O4S. The van der Waals surface area contributed by atoms with Crippen molar-refractivity contribution >= 4 is 34.2 Å². The number of phenols is 2. The summed E-state index contributed by atoms with van der Waals surface area (Å²) in [5.41, 5.74) is 3.42. The number of para-hydroxylation sites is 2. The van der Waals surface area contributed by atoms with Crippen LogP contribution in [0.1, 0.15) is 11.3 Å². The minimum Gasteiger partial charge on any atom is -0.504 e. The van der Waals surface area contributed by atoms with Crippen molar-refractivity contribution in [1.82, 2.24) is 14.0 Å². The molecule has 0 saturated carbocycles. The van der Waals surface area contributed by atoms with Gasteiger partial charge in [-0.05, 0) is 55.0 Å². The van der Waals surface area contributed by atoms with Crippen molar-refractivity contribution in [2.75, 3.05) is 0 Å². The molecule has 0 aliphatic carbocycles. The Morgan fingerprint density at radius 2 is 1.72 bits per heavy atom. The van der Waals surface area contributed by atoms with Crippen LogP contribution >= 0.6 is 11.3 Å². The molecule has 0 saturated heterocycles. The normalized spacial score (nSPS) is 12.2. The summed E-state index contributed by atoms with van der Waals surface area (Å²) in [5.74, 6) is 0.118. The van der Waals surface area contributed by atoms with Crippen LogP contribution in [0.25, 0.3) is 28.1 Å². The second-order valence-electron chi connectivity index (χ2n) is 8.88. The fraction of sp³-hybridized carbons (Fsp3) is 0.0690. The quantitative estimate of drug-likeness (QED) is 0.230. The highest BCUT2D eigenvalue weighted by Crippen LogP contribution is 2.29. The van der Waals surface area contributed by atoms with Crippen LogP contribution in [0.5, 0.6) is 11.5 Å². The summed E-state index contributed by atoms with van der Waals surface area (Å²) in [7, 11) is 1.82. The molecule has 0 unspecified atom stereocenters. The van der Waals surface area contributed by atoms with E-state index < -0.39 is 0 Å². The average molecular weight is 538 g/mol. The average Bonchev–Trinajstić information content (AvgIpc) is 3.61. The number of fused-ring (bicyclic) bond motifs is 1. The number of hydrogen-bond donors (Lipinski definition) is 2. The van der Waals surface area contributed by atoms with Gasteiger partial charge in [0, 0.05) is 17.8 Å². The molecule has 0 fully saturated rings. The molecule has 0 amide bonds. The maximum absolute atomic E-state index is 13.5. The molecule has 3 aromatic heterocycles. The zero-order chi connectivity index (χ0) is 27.1. The lowest BCUT2D eigenvalue weighted by molar-refractivity contribution is 0.403. The maximum atomic E-state index is 13.5. The van der Waals surface area contributed by atoms with E-state index in [1.165, 1.54) is 29.7 Å². The van der Waals surface area contributed by atoms with Crippen molar-refractivity contribution in [1.29, 1.82) is 0 Å². The highest BCUT2D eigenvalue weighted by atomic mass is 32.1. The molecule has 39 heavy (non-hydrogen) atoms. The Balaban J connectivity index is 1.54. The maximum Gasteiger partial charge on any atom is 0.297 e. The molecule has 9 nitrogen and oxygen atoms in total. The molecule has 6 aromatic rings. The van der Waals surface area contributed by atoms with Crippen LogP contribution in [-0.4, -0.2) is 30.5 Å². The number of phenolic OH excluding ortho intramolecular Hbond substituents is 2. The molecule has 0 radical (unpaired) electrons. The van der Waals surface area contributed by atoms with Crippen LogP contribution in [0.15, 0.2) is 104 Å². The zero-order valence-electron chi connectivity index (χ0n) is 21.0. The van der Waals surface area contributed by atoms with E-state index in [9.17, 15) is 15.0 Å². The Morgan fingerprint density at radius 3 is 2.49 bits per heavy atom. The van der Waals surface area contributed by atoms with Gasteiger partial charge in [-0.2, -0.15) is 5.10 Å². The van der Waals surface area contributed by atoms with Gasteiger partial charge in [-0.3, -0.25) is 9.48 Å². The second kappa shape index (κ2) is 9.66. The van der Waals surface area contributed by atoms with Gasteiger partial charge in [0.1, 0.15) is 11.3 Å². The van der Waals surface area contributed by atoms with E-state index in [0.29, 0.717) is 33.2 Å². The van der Waals surface area contributed by atoms with Gasteiger partial charge >= 0.3 is 0 Å². The molecule has 2 N–H and O–H groups in total. The van der Waals surface area contributed by atoms with E-state index in [0.717, 1.165) is 16.7 Å². The van der Waals surface area contributed by atoms with Gasteiger partial charge in [-0.25, -0.2) is 14.4 Å². The van der Waals surface area contributed by atoms with Crippen molar-refractivity contribution in [3.8, 4) is 28.6 Å². The van der Waals surface area contributed by atoms with E-state index in [1.54, 1.807) is 20.1 Å². The van der Waals surface area contributed by atoms with Crippen LogP contribution in [0.4, 0.5) is 5.69 Å². The molecule has 194 valence electrons. The zero-order valence-corrected chi connectivity index (χ0v) is 21.8. The van der Waals surface area contributed by atoms with Crippen molar-refractivity contribution in [3.05, 3.63) is 111 Å². The first kappa shape index (κ1) is 24.3. The first-order chi connectivity index (χ1) is 18.9. The van der Waals surface area contributed by atoms with E-state index in [-0.39, 0.29) is 17.1 Å². The molecule has 0 bridgehead atoms. The molecule has 3 heterocycles. The predicted molar refractivity (Wildman–Crippen MR) is 151 cm³/mol. The Morgan fingerprint density at radius 1 is 0.949 bits per heavy atom. The predicted octanol–water partition coefficient (Wildman–Crippen LogP) is 5.29. The van der Waals surface area contributed by atoms with Gasteiger partial charge in [0.25, 0.3) is 5.56 Å². The van der Waals surface area contributed by atoms with Gasteiger partial charge in [0.05, 0.1) is 17.6 Å². The Hall–Kier alpha value is -5.09. The summed E-state index contributed by atoms with van der Waals surface area (Å²) in [6.45, 7) is 1.85. The fourth-order valence-electron chi connectivity index (χ4n) is 4.29. The first-order valence-electron chi connectivity index (χ1n) is 12.1. The van der Waals surface area contributed by atoms with Crippen molar-refractivity contribution in [3.63, 3.8) is 0 Å². The third-order valence-electron chi connectivity index (χ3n) is 6.42. The summed E-state index contributed by atoms with van der Waals surface area (Å²) in [6, 6.07) is 23.4. The molecule has 0 aliphatic heterocycles. The largest absolute Gasteiger partial charge is 0.504 e. The van der Waals surface area contributed by atoms with Gasteiger partial charge in [-0.1, -0.05) is 36.4 Å². The molecule has 3 aromatic carbocycles. The number of aromatic nitrogens is 3. The standard InChI is InChI=1S/C29H23N5O4S/c1-18-27(28(37)34(32(18)2)21-9-4-3-5-10-21)31-29-33(30-16-19-12-13-23(35)24(36)14-19)22(17-39-29)26-15-20-8-6-7-11-25(20)38-26/h3-17,35-36H,1-2H3. The summed E-state index contributed by atoms with van der Waals surface area (Å²) >= 11 is 1.32.